The van der Waals surface area contributed by atoms with Gasteiger partial charge in [-0.05, 0) is 56.4 Å². The van der Waals surface area contributed by atoms with Crippen molar-refractivity contribution in [1.29, 1.82) is 0 Å². The van der Waals surface area contributed by atoms with E-state index in [0.29, 0.717) is 22.6 Å². The number of halogens is 1. The zero-order valence-electron chi connectivity index (χ0n) is 17.1. The van der Waals surface area contributed by atoms with Crippen LogP contribution in [0.2, 0.25) is 0 Å². The van der Waals surface area contributed by atoms with Crippen molar-refractivity contribution in [2.75, 3.05) is 11.1 Å². The third kappa shape index (κ3) is 5.22. The molecule has 5 nitrogen and oxygen atoms in total. The van der Waals surface area contributed by atoms with Crippen LogP contribution in [0.1, 0.15) is 32.1 Å². The van der Waals surface area contributed by atoms with Gasteiger partial charge in [0.15, 0.2) is 5.16 Å². The molecule has 0 fully saturated rings. The molecule has 0 saturated heterocycles. The van der Waals surface area contributed by atoms with Crippen LogP contribution in [-0.4, -0.2) is 21.2 Å². The minimum Gasteiger partial charge on any atom is -0.323 e. The summed E-state index contributed by atoms with van der Waals surface area (Å²) in [6.45, 7) is 0.528. The Morgan fingerprint density at radius 2 is 1.94 bits per heavy atom. The molecule has 1 aliphatic rings. The van der Waals surface area contributed by atoms with Gasteiger partial charge in [-0.15, -0.1) is 0 Å². The van der Waals surface area contributed by atoms with Gasteiger partial charge in [-0.2, -0.15) is 0 Å². The van der Waals surface area contributed by atoms with Gasteiger partial charge >= 0.3 is 0 Å². The minimum atomic E-state index is -0.484. The minimum absolute atomic E-state index is 0.0296. The SMILES string of the molecule is O=C(CSc1nc2ccccc2c(=O)n1CCC1=CCCCC1)Nc1ccccc1F. The largest absolute Gasteiger partial charge is 0.323 e. The highest BCUT2D eigenvalue weighted by Gasteiger charge is 2.15. The molecule has 2 aromatic carbocycles. The van der Waals surface area contributed by atoms with Crippen LogP contribution < -0.4 is 10.9 Å². The van der Waals surface area contributed by atoms with Gasteiger partial charge in [-0.1, -0.05) is 47.7 Å². The molecule has 160 valence electrons. The lowest BCUT2D eigenvalue weighted by molar-refractivity contribution is -0.113. The average Bonchev–Trinajstić information content (AvgIpc) is 2.79. The number of allylic oxidation sites excluding steroid dienone is 2. The summed E-state index contributed by atoms with van der Waals surface area (Å²) in [4.78, 5) is 30.2. The zero-order chi connectivity index (χ0) is 21.6. The number of para-hydroxylation sites is 2. The maximum absolute atomic E-state index is 13.8. The van der Waals surface area contributed by atoms with Crippen molar-refractivity contribution in [3.05, 3.63) is 76.4 Å². The van der Waals surface area contributed by atoms with Crippen LogP contribution in [0.25, 0.3) is 10.9 Å². The Labute approximate surface area is 184 Å². The lowest BCUT2D eigenvalue weighted by Gasteiger charge is -2.16. The number of hydrogen-bond acceptors (Lipinski definition) is 4. The van der Waals surface area contributed by atoms with Crippen molar-refractivity contribution in [2.45, 2.75) is 43.8 Å². The molecule has 0 spiro atoms. The molecule has 1 heterocycles. The molecule has 0 unspecified atom stereocenters. The Bertz CT molecular complexity index is 1190. The molecule has 0 radical (unpaired) electrons. The van der Waals surface area contributed by atoms with Crippen molar-refractivity contribution in [3.63, 3.8) is 0 Å². The maximum Gasteiger partial charge on any atom is 0.262 e. The number of rotatable bonds is 7. The molecule has 31 heavy (non-hydrogen) atoms. The van der Waals surface area contributed by atoms with Crippen LogP contribution in [0.3, 0.4) is 0 Å². The van der Waals surface area contributed by atoms with Gasteiger partial charge in [0, 0.05) is 6.54 Å². The zero-order valence-corrected chi connectivity index (χ0v) is 18.0. The molecule has 0 bridgehead atoms. The molecular formula is C24H24FN3O2S. The van der Waals surface area contributed by atoms with E-state index in [1.54, 1.807) is 28.8 Å². The van der Waals surface area contributed by atoms with Gasteiger partial charge in [0.25, 0.3) is 5.56 Å². The van der Waals surface area contributed by atoms with Crippen molar-refractivity contribution < 1.29 is 9.18 Å². The van der Waals surface area contributed by atoms with Crippen LogP contribution in [0.15, 0.2) is 70.1 Å². The Hall–Kier alpha value is -2.93. The lowest BCUT2D eigenvalue weighted by Crippen LogP contribution is -2.24. The summed E-state index contributed by atoms with van der Waals surface area (Å²) in [6, 6.07) is 13.3. The second-order valence-electron chi connectivity index (χ2n) is 7.54. The summed E-state index contributed by atoms with van der Waals surface area (Å²) in [7, 11) is 0. The van der Waals surface area contributed by atoms with E-state index < -0.39 is 5.82 Å². The summed E-state index contributed by atoms with van der Waals surface area (Å²) < 4.78 is 15.5. The topological polar surface area (TPSA) is 64.0 Å². The number of hydrogen-bond donors (Lipinski definition) is 1. The molecule has 0 atom stereocenters. The standard InChI is InChI=1S/C24H24FN3O2S/c25-19-11-5-7-13-21(19)26-22(29)16-31-24-27-20-12-6-4-10-18(20)23(30)28(24)15-14-17-8-2-1-3-9-17/h4-8,10-13H,1-3,9,14-16H2,(H,26,29). The highest BCUT2D eigenvalue weighted by Crippen LogP contribution is 2.23. The van der Waals surface area contributed by atoms with Gasteiger partial charge < -0.3 is 5.32 Å². The number of thioether (sulfide) groups is 1. The molecule has 4 rings (SSSR count). The number of anilines is 1. The summed E-state index contributed by atoms with van der Waals surface area (Å²) in [5.74, 6) is -0.802. The molecule has 1 aromatic heterocycles. The van der Waals surface area contributed by atoms with Crippen molar-refractivity contribution in [3.8, 4) is 0 Å². The molecule has 1 N–H and O–H groups in total. The first-order valence-corrected chi connectivity index (χ1v) is 11.4. The first-order valence-electron chi connectivity index (χ1n) is 10.5. The second-order valence-corrected chi connectivity index (χ2v) is 8.49. The van der Waals surface area contributed by atoms with E-state index in [9.17, 15) is 14.0 Å². The third-order valence-corrected chi connectivity index (χ3v) is 6.32. The fourth-order valence-electron chi connectivity index (χ4n) is 3.72. The van der Waals surface area contributed by atoms with Crippen molar-refractivity contribution in [2.24, 2.45) is 0 Å². The number of carbonyl (C=O) groups is 1. The number of carbonyl (C=O) groups excluding carboxylic acids is 1. The number of benzene rings is 2. The fourth-order valence-corrected chi connectivity index (χ4v) is 4.55. The van der Waals surface area contributed by atoms with Crippen LogP contribution >= 0.6 is 11.8 Å². The second kappa shape index (κ2) is 9.92. The van der Waals surface area contributed by atoms with Gasteiger partial charge in [0.05, 0.1) is 22.3 Å². The summed E-state index contributed by atoms with van der Waals surface area (Å²) in [5.41, 5.74) is 2.03. The Morgan fingerprint density at radius 1 is 1.13 bits per heavy atom. The number of amides is 1. The normalized spacial score (nSPS) is 13.8. The number of aromatic nitrogens is 2. The predicted molar refractivity (Wildman–Crippen MR) is 123 cm³/mol. The Morgan fingerprint density at radius 3 is 2.74 bits per heavy atom. The maximum atomic E-state index is 13.8. The molecule has 0 aliphatic heterocycles. The smallest absolute Gasteiger partial charge is 0.262 e. The van der Waals surface area contributed by atoms with E-state index in [0.717, 1.165) is 19.3 Å². The van der Waals surface area contributed by atoms with E-state index in [1.165, 1.54) is 42.3 Å². The first-order chi connectivity index (χ1) is 15.1. The summed E-state index contributed by atoms with van der Waals surface area (Å²) in [6.07, 6.45) is 7.65. The van der Waals surface area contributed by atoms with E-state index in [-0.39, 0.29) is 22.9 Å². The molecule has 1 aliphatic carbocycles. The number of nitrogens with one attached hydrogen (secondary N) is 1. The lowest BCUT2D eigenvalue weighted by atomic mass is 9.97. The molecule has 3 aromatic rings. The molecule has 7 heteroatoms. The van der Waals surface area contributed by atoms with E-state index in [4.69, 9.17) is 0 Å². The number of nitrogens with zero attached hydrogens (tertiary/aromatic N) is 2. The van der Waals surface area contributed by atoms with E-state index >= 15 is 0 Å². The Balaban J connectivity index is 1.54. The highest BCUT2D eigenvalue weighted by atomic mass is 32.2. The van der Waals surface area contributed by atoms with E-state index in [2.05, 4.69) is 16.4 Å². The Kier molecular flexibility index (Phi) is 6.82. The number of fused-ring (bicyclic) bond motifs is 1. The molecular weight excluding hydrogens is 413 g/mol. The quantitative estimate of drug-likeness (QED) is 0.315. The first kappa shape index (κ1) is 21.3. The fraction of sp³-hybridized carbons (Fsp3) is 0.292. The van der Waals surface area contributed by atoms with Crippen molar-refractivity contribution >= 4 is 34.3 Å². The van der Waals surface area contributed by atoms with Crippen LogP contribution in [0.5, 0.6) is 0 Å². The summed E-state index contributed by atoms with van der Waals surface area (Å²) in [5, 5.41) is 3.65. The predicted octanol–water partition coefficient (Wildman–Crippen LogP) is 5.16. The summed E-state index contributed by atoms with van der Waals surface area (Å²) >= 11 is 1.19. The van der Waals surface area contributed by atoms with Crippen molar-refractivity contribution in [1.82, 2.24) is 9.55 Å². The van der Waals surface area contributed by atoms with E-state index in [1.807, 2.05) is 12.1 Å². The van der Waals surface area contributed by atoms with Crippen LogP contribution in [-0.2, 0) is 11.3 Å². The average molecular weight is 438 g/mol. The monoisotopic (exact) mass is 437 g/mol. The molecule has 0 saturated carbocycles. The van der Waals surface area contributed by atoms with Gasteiger partial charge in [0.2, 0.25) is 5.91 Å². The van der Waals surface area contributed by atoms with Gasteiger partial charge in [0.1, 0.15) is 5.82 Å². The van der Waals surface area contributed by atoms with Crippen LogP contribution in [0.4, 0.5) is 10.1 Å². The van der Waals surface area contributed by atoms with Gasteiger partial charge in [-0.3, -0.25) is 14.2 Å². The third-order valence-electron chi connectivity index (χ3n) is 5.35. The molecule has 1 amide bonds. The van der Waals surface area contributed by atoms with Gasteiger partial charge in [-0.25, -0.2) is 9.37 Å². The van der Waals surface area contributed by atoms with Crippen LogP contribution in [0, 0.1) is 5.82 Å². The highest BCUT2D eigenvalue weighted by molar-refractivity contribution is 7.99.